The van der Waals surface area contributed by atoms with E-state index in [1.54, 1.807) is 0 Å². The summed E-state index contributed by atoms with van der Waals surface area (Å²) in [5, 5.41) is 0. The molecule has 0 rings (SSSR count). The predicted molar refractivity (Wildman–Crippen MR) is 22.5 cm³/mol. The second-order valence-corrected chi connectivity index (χ2v) is 1.11. The van der Waals surface area contributed by atoms with Crippen LogP contribution in [0.25, 0.3) is 0 Å². The Labute approximate surface area is 54.3 Å². The maximum Gasteiger partial charge on any atom is 1.00 e. The molecule has 0 fully saturated rings. The van der Waals surface area contributed by atoms with E-state index in [1.807, 2.05) is 0 Å². The third-order valence-electron chi connectivity index (χ3n) is 0.204. The van der Waals surface area contributed by atoms with Crippen LogP contribution in [-0.4, -0.2) is 5.75 Å². The van der Waals surface area contributed by atoms with Crippen molar-refractivity contribution in [2.24, 2.45) is 0 Å². The van der Waals surface area contributed by atoms with Gasteiger partial charge in [0.2, 0.25) is 0 Å². The van der Waals surface area contributed by atoms with E-state index in [-0.39, 0.29) is 22.4 Å². The van der Waals surface area contributed by atoms with Gasteiger partial charge in [-0.1, -0.05) is 13.3 Å². The molecule has 2 heteroatoms. The Morgan fingerprint density at radius 1 is 1.60 bits per heavy atom. The van der Waals surface area contributed by atoms with E-state index in [0.29, 0.717) is 0 Å². The van der Waals surface area contributed by atoms with Crippen molar-refractivity contribution in [1.29, 1.82) is 0 Å². The maximum absolute atomic E-state index is 4.55. The van der Waals surface area contributed by atoms with Crippen molar-refractivity contribution in [2.45, 2.75) is 13.3 Å². The van der Waals surface area contributed by atoms with Crippen molar-refractivity contribution >= 4 is 12.6 Å². The first-order valence-corrected chi connectivity index (χ1v) is 2.07. The molecule has 0 spiro atoms. The van der Waals surface area contributed by atoms with Gasteiger partial charge in [0, 0.05) is 0 Å². The first-order valence-electron chi connectivity index (χ1n) is 1.50. The maximum atomic E-state index is 4.55. The van der Waals surface area contributed by atoms with Crippen LogP contribution < -0.4 is 0 Å². The third-order valence-corrected chi connectivity index (χ3v) is 0.612. The van der Waals surface area contributed by atoms with Gasteiger partial charge in [-0.3, -0.25) is 0 Å². The van der Waals surface area contributed by atoms with Crippen molar-refractivity contribution in [1.82, 2.24) is 0 Å². The average molecular weight is 272 g/mol. The summed E-state index contributed by atoms with van der Waals surface area (Å²) < 4.78 is 0. The molecule has 0 aromatic rings. The van der Waals surface area contributed by atoms with Crippen LogP contribution in [0.3, 0.4) is 0 Å². The van der Waals surface area contributed by atoms with Gasteiger partial charge in [0.25, 0.3) is 0 Å². The minimum absolute atomic E-state index is 0. The van der Waals surface area contributed by atoms with E-state index in [1.165, 1.54) is 0 Å². The molecule has 0 aliphatic carbocycles. The molecule has 0 aliphatic heterocycles. The van der Waals surface area contributed by atoms with Crippen LogP contribution in [0.5, 0.6) is 0 Å². The minimum Gasteiger partial charge on any atom is -0.793 e. The van der Waals surface area contributed by atoms with Crippen LogP contribution in [0, 0.1) is 0 Å². The van der Waals surface area contributed by atoms with Gasteiger partial charge in [-0.15, -0.1) is 0 Å². The predicted octanol–water partition coefficient (Wildman–Crippen LogP) is 0.941. The summed E-state index contributed by atoms with van der Waals surface area (Å²) in [6, 6.07) is 0. The molecule has 0 heterocycles. The Morgan fingerprint density at radius 2 is 1.80 bits per heavy atom. The van der Waals surface area contributed by atoms with E-state index in [0.717, 1.165) is 12.2 Å². The average Bonchev–Trinajstić information content (AvgIpc) is 1.37. The molecule has 0 saturated heterocycles. The minimum atomic E-state index is 0. The Morgan fingerprint density at radius 3 is 1.80 bits per heavy atom. The fourth-order valence-corrected chi connectivity index (χ4v) is 0. The molecule has 0 nitrogen and oxygen atoms in total. The molecule has 0 saturated carbocycles. The number of hydrogen-bond acceptors (Lipinski definition) is 1. The fraction of sp³-hybridized carbons (Fsp3) is 1.00. The molecule has 0 bridgehead atoms. The van der Waals surface area contributed by atoms with Gasteiger partial charge < -0.3 is 12.6 Å². The van der Waals surface area contributed by atoms with E-state index in [9.17, 15) is 0 Å². The Balaban J connectivity index is 0. The van der Waals surface area contributed by atoms with Crippen LogP contribution in [0.2, 0.25) is 0 Å². The van der Waals surface area contributed by atoms with Crippen LogP contribution in [0.15, 0.2) is 0 Å². The van der Waals surface area contributed by atoms with Gasteiger partial charge in [-0.2, -0.15) is 5.75 Å². The Hall–Kier alpha value is 1.09. The van der Waals surface area contributed by atoms with E-state index >= 15 is 0 Å². The molecule has 0 atom stereocenters. The molecular weight excluding hydrogens is 265 g/mol. The molecule has 0 aromatic heterocycles. The van der Waals surface area contributed by atoms with Gasteiger partial charge in [0.15, 0.2) is 0 Å². The Kier molecular flexibility index (Phi) is 16.8. The van der Waals surface area contributed by atoms with Crippen LogP contribution in [0.1, 0.15) is 13.3 Å². The standard InChI is InChI=1S/C3H8S.Au/c1-2-3-4;/h4H,2-3H2,1H3;/q;+1/p-1. The molecule has 0 radical (unpaired) electrons. The first kappa shape index (κ1) is 9.43. The Bertz CT molecular complexity index is 8.85. The summed E-state index contributed by atoms with van der Waals surface area (Å²) in [6.45, 7) is 2.08. The molecular formula is C3H7AuS. The zero-order chi connectivity index (χ0) is 3.41. The molecule has 36 valence electrons. The second-order valence-electron chi connectivity index (χ2n) is 0.704. The molecule has 5 heavy (non-hydrogen) atoms. The van der Waals surface area contributed by atoms with E-state index in [4.69, 9.17) is 0 Å². The third kappa shape index (κ3) is 11.1. The van der Waals surface area contributed by atoms with Gasteiger partial charge in [-0.05, 0) is 0 Å². The smallest absolute Gasteiger partial charge is 0.793 e. The summed E-state index contributed by atoms with van der Waals surface area (Å²) in [4.78, 5) is 0. The SMILES string of the molecule is CCC[S-].[Au+]. The van der Waals surface area contributed by atoms with Gasteiger partial charge >= 0.3 is 22.4 Å². The number of hydrogen-bond donors (Lipinski definition) is 0. The first-order chi connectivity index (χ1) is 1.91. The quantitative estimate of drug-likeness (QED) is 0.506. The molecule has 0 unspecified atom stereocenters. The normalized spacial score (nSPS) is 6.00. The van der Waals surface area contributed by atoms with Crippen LogP contribution in [0.4, 0.5) is 0 Å². The summed E-state index contributed by atoms with van der Waals surface area (Å²) in [7, 11) is 0. The van der Waals surface area contributed by atoms with Crippen molar-refractivity contribution in [3.8, 4) is 0 Å². The van der Waals surface area contributed by atoms with Gasteiger partial charge in [0.05, 0.1) is 0 Å². The van der Waals surface area contributed by atoms with Crippen molar-refractivity contribution in [3.05, 3.63) is 0 Å². The van der Waals surface area contributed by atoms with E-state index < -0.39 is 0 Å². The monoisotopic (exact) mass is 272 g/mol. The summed E-state index contributed by atoms with van der Waals surface area (Å²) in [5.74, 6) is 0.903. The zero-order valence-electron chi connectivity index (χ0n) is 3.12. The second kappa shape index (κ2) is 8.92. The molecule has 0 N–H and O–H groups in total. The molecule has 0 aromatic carbocycles. The zero-order valence-corrected chi connectivity index (χ0v) is 6.11. The largest absolute Gasteiger partial charge is 1.00 e. The van der Waals surface area contributed by atoms with Crippen LogP contribution in [-0.2, 0) is 35.0 Å². The van der Waals surface area contributed by atoms with E-state index in [2.05, 4.69) is 19.6 Å². The van der Waals surface area contributed by atoms with Crippen molar-refractivity contribution in [3.63, 3.8) is 0 Å². The topological polar surface area (TPSA) is 0 Å². The van der Waals surface area contributed by atoms with Gasteiger partial charge in [0.1, 0.15) is 0 Å². The summed E-state index contributed by atoms with van der Waals surface area (Å²) in [5.41, 5.74) is 0. The van der Waals surface area contributed by atoms with Gasteiger partial charge in [-0.25, -0.2) is 0 Å². The summed E-state index contributed by atoms with van der Waals surface area (Å²) >= 11 is 4.55. The summed E-state index contributed by atoms with van der Waals surface area (Å²) in [6.07, 6.45) is 1.13. The number of rotatable bonds is 1. The molecule has 0 aliphatic rings. The van der Waals surface area contributed by atoms with Crippen molar-refractivity contribution < 1.29 is 22.4 Å². The molecule has 0 amide bonds. The fourth-order valence-electron chi connectivity index (χ4n) is 0. The van der Waals surface area contributed by atoms with Crippen molar-refractivity contribution in [2.75, 3.05) is 5.75 Å². The van der Waals surface area contributed by atoms with Crippen LogP contribution >= 0.6 is 0 Å².